The molecule has 4 rings (SSSR count). The second kappa shape index (κ2) is 6.14. The zero-order valence-corrected chi connectivity index (χ0v) is 15.4. The first-order chi connectivity index (χ1) is 12.5. The molecular formula is C18H17N5O2S. The van der Waals surface area contributed by atoms with Crippen LogP contribution in [0.4, 0.5) is 5.69 Å². The lowest BCUT2D eigenvalue weighted by Gasteiger charge is -2.32. The van der Waals surface area contributed by atoms with Crippen LogP contribution in [0.2, 0.25) is 0 Å². The van der Waals surface area contributed by atoms with Crippen molar-refractivity contribution in [2.75, 3.05) is 11.2 Å². The van der Waals surface area contributed by atoms with E-state index in [0.717, 1.165) is 5.69 Å². The number of fused-ring (bicyclic) bond motifs is 3. The summed E-state index contributed by atoms with van der Waals surface area (Å²) in [7, 11) is 1.91. The summed E-state index contributed by atoms with van der Waals surface area (Å²) in [5, 5.41) is 17.7. The number of anilines is 1. The van der Waals surface area contributed by atoms with Crippen LogP contribution in [0.5, 0.6) is 5.88 Å². The van der Waals surface area contributed by atoms with Crippen LogP contribution in [0.1, 0.15) is 18.8 Å². The zero-order valence-electron chi connectivity index (χ0n) is 14.6. The van der Waals surface area contributed by atoms with Crippen LogP contribution in [0, 0.1) is 0 Å². The minimum absolute atomic E-state index is 0.126. The maximum Gasteiger partial charge on any atom is 0.307 e. The highest BCUT2D eigenvalue weighted by Crippen LogP contribution is 2.40. The number of aryl methyl sites for hydroxylation is 1. The van der Waals surface area contributed by atoms with Crippen molar-refractivity contribution in [2.24, 2.45) is 7.05 Å². The Bertz CT molecular complexity index is 1020. The van der Waals surface area contributed by atoms with Gasteiger partial charge in [-0.1, -0.05) is 28.6 Å². The Morgan fingerprint density at radius 1 is 1.27 bits per heavy atom. The van der Waals surface area contributed by atoms with Crippen molar-refractivity contribution in [1.82, 2.24) is 14.6 Å². The molecule has 0 bridgehead atoms. The number of para-hydroxylation sites is 1. The van der Waals surface area contributed by atoms with Crippen LogP contribution in [0.25, 0.3) is 11.3 Å². The van der Waals surface area contributed by atoms with Gasteiger partial charge in [0, 0.05) is 25.3 Å². The van der Waals surface area contributed by atoms with Gasteiger partial charge in [-0.15, -0.1) is 0 Å². The van der Waals surface area contributed by atoms with Crippen LogP contribution < -0.4 is 14.7 Å². The maximum atomic E-state index is 12.8. The molecule has 3 heterocycles. The Hall–Kier alpha value is -2.87. The summed E-state index contributed by atoms with van der Waals surface area (Å²) in [4.78, 5) is 18.4. The molecule has 0 aliphatic carbocycles. The lowest BCUT2D eigenvalue weighted by Crippen LogP contribution is -2.59. The number of thioether (sulfide) groups is 1. The van der Waals surface area contributed by atoms with Crippen LogP contribution >= 0.6 is 11.8 Å². The molecule has 1 atom stereocenters. The van der Waals surface area contributed by atoms with Crippen molar-refractivity contribution in [1.29, 1.82) is 0 Å². The van der Waals surface area contributed by atoms with E-state index in [1.165, 1.54) is 18.7 Å². The molecule has 3 aromatic rings. The summed E-state index contributed by atoms with van der Waals surface area (Å²) >= 11 is 1.30. The van der Waals surface area contributed by atoms with E-state index >= 15 is 0 Å². The Morgan fingerprint density at radius 3 is 2.69 bits per heavy atom. The summed E-state index contributed by atoms with van der Waals surface area (Å²) in [6.45, 7) is 1.52. The fraction of sp³-hybridized carbons (Fsp3) is 0.222. The van der Waals surface area contributed by atoms with E-state index in [0.29, 0.717) is 22.1 Å². The zero-order chi connectivity index (χ0) is 18.4. The fourth-order valence-electron chi connectivity index (χ4n) is 3.37. The van der Waals surface area contributed by atoms with E-state index in [1.54, 1.807) is 9.58 Å². The van der Waals surface area contributed by atoms with E-state index in [9.17, 15) is 9.90 Å². The Kier molecular flexibility index (Phi) is 3.91. The molecule has 1 amide bonds. The van der Waals surface area contributed by atoms with E-state index in [1.807, 2.05) is 60.5 Å². The van der Waals surface area contributed by atoms with Crippen LogP contribution in [-0.2, 0) is 11.8 Å². The molecule has 0 fully saturated rings. The summed E-state index contributed by atoms with van der Waals surface area (Å²) in [6.07, 6.45) is 3.17. The number of rotatable bonds is 2. The molecule has 0 spiro atoms. The van der Waals surface area contributed by atoms with Gasteiger partial charge in [0.15, 0.2) is 0 Å². The molecule has 8 heteroatoms. The van der Waals surface area contributed by atoms with Crippen molar-refractivity contribution in [3.05, 3.63) is 48.3 Å². The van der Waals surface area contributed by atoms with Crippen molar-refractivity contribution in [3.8, 4) is 17.1 Å². The number of amides is 1. The quantitative estimate of drug-likeness (QED) is 0.506. The van der Waals surface area contributed by atoms with Crippen molar-refractivity contribution >= 4 is 23.4 Å². The topological polar surface area (TPSA) is 78.0 Å². The monoisotopic (exact) mass is 367 g/mol. The van der Waals surface area contributed by atoms with Gasteiger partial charge in [0.05, 0.1) is 17.1 Å². The molecule has 0 radical (unpaired) electrons. The smallest absolute Gasteiger partial charge is 0.307 e. The Labute approximate surface area is 154 Å². The average molecular weight is 367 g/mol. The third-order valence-corrected chi connectivity index (χ3v) is 5.03. The third-order valence-electron chi connectivity index (χ3n) is 4.49. The molecule has 0 saturated carbocycles. The number of aromatic nitrogens is 4. The molecule has 1 aliphatic heterocycles. The van der Waals surface area contributed by atoms with Gasteiger partial charge in [-0.25, -0.2) is 9.88 Å². The van der Waals surface area contributed by atoms with E-state index < -0.39 is 6.17 Å². The Morgan fingerprint density at radius 2 is 2.04 bits per heavy atom. The summed E-state index contributed by atoms with van der Waals surface area (Å²) in [6, 6.07) is 11.2. The number of hydrogen-bond donors (Lipinski definition) is 0. The predicted octanol–water partition coefficient (Wildman–Crippen LogP) is 1.48. The van der Waals surface area contributed by atoms with E-state index in [-0.39, 0.29) is 11.8 Å². The summed E-state index contributed by atoms with van der Waals surface area (Å²) in [5.41, 5.74) is 2.59. The molecule has 26 heavy (non-hydrogen) atoms. The second-order valence-corrected chi connectivity index (χ2v) is 6.79. The first kappa shape index (κ1) is 16.6. The van der Waals surface area contributed by atoms with Gasteiger partial charge in [0.25, 0.3) is 10.9 Å². The molecule has 0 N–H and O–H groups in total. The van der Waals surface area contributed by atoms with E-state index in [4.69, 9.17) is 0 Å². The molecular weight excluding hydrogens is 350 g/mol. The minimum atomic E-state index is -0.556. The van der Waals surface area contributed by atoms with Gasteiger partial charge < -0.3 is 9.67 Å². The molecule has 1 unspecified atom stereocenters. The van der Waals surface area contributed by atoms with Crippen LogP contribution in [-0.4, -0.2) is 26.8 Å². The second-order valence-electron chi connectivity index (χ2n) is 6.02. The number of hydrogen-bond acceptors (Lipinski definition) is 5. The van der Waals surface area contributed by atoms with E-state index in [2.05, 4.69) is 10.1 Å². The molecule has 7 nitrogen and oxygen atoms in total. The average Bonchev–Trinajstić information content (AvgIpc) is 3.05. The number of benzene rings is 1. The third kappa shape index (κ3) is 2.37. The number of nitrogens with zero attached hydrogens (tertiary/aromatic N) is 5. The van der Waals surface area contributed by atoms with Gasteiger partial charge in [0.1, 0.15) is 5.69 Å². The molecule has 2 aromatic heterocycles. The minimum Gasteiger partial charge on any atom is -0.854 e. The van der Waals surface area contributed by atoms with Gasteiger partial charge in [0.2, 0.25) is 5.91 Å². The van der Waals surface area contributed by atoms with Crippen LogP contribution in [0.15, 0.2) is 47.8 Å². The fourth-order valence-corrected chi connectivity index (χ4v) is 3.72. The van der Waals surface area contributed by atoms with Crippen molar-refractivity contribution in [2.45, 2.75) is 18.2 Å². The summed E-state index contributed by atoms with van der Waals surface area (Å²) in [5.74, 6) is -0.474. The van der Waals surface area contributed by atoms with Gasteiger partial charge in [-0.3, -0.25) is 4.79 Å². The largest absolute Gasteiger partial charge is 0.854 e. The highest BCUT2D eigenvalue weighted by molar-refractivity contribution is 7.98. The highest BCUT2D eigenvalue weighted by atomic mass is 32.2. The van der Waals surface area contributed by atoms with Gasteiger partial charge in [-0.2, -0.15) is 0 Å². The number of carbonyl (C=O) groups excluding carboxylic acids is 1. The lowest BCUT2D eigenvalue weighted by molar-refractivity contribution is -0.764. The molecule has 1 aromatic carbocycles. The maximum absolute atomic E-state index is 12.8. The van der Waals surface area contributed by atoms with Crippen molar-refractivity contribution < 1.29 is 14.6 Å². The van der Waals surface area contributed by atoms with Crippen molar-refractivity contribution in [3.63, 3.8) is 0 Å². The van der Waals surface area contributed by atoms with Gasteiger partial charge in [-0.05, 0) is 30.5 Å². The number of carbonyl (C=O) groups is 1. The highest BCUT2D eigenvalue weighted by Gasteiger charge is 2.44. The normalized spacial score (nSPS) is 15.5. The first-order valence-electron chi connectivity index (χ1n) is 8.08. The molecule has 132 valence electrons. The van der Waals surface area contributed by atoms with Crippen LogP contribution in [0.3, 0.4) is 0 Å². The molecule has 1 aliphatic rings. The predicted molar refractivity (Wildman–Crippen MR) is 95.6 cm³/mol. The lowest BCUT2D eigenvalue weighted by atomic mass is 10.0. The standard InChI is InChI=1S/C18H17N5O2S/c1-11(24)22-13-8-5-4-7-12(13)15-16(25)19-18(26-3)20-23(15)17(22)14-9-6-10-21(14)2/h4-10,17H,1-3H3. The summed E-state index contributed by atoms with van der Waals surface area (Å²) < 4.78 is 3.55. The Balaban J connectivity index is 2.10. The first-order valence-corrected chi connectivity index (χ1v) is 9.30. The molecule has 0 saturated heterocycles. The SMILES string of the molecule is CSc1nc([O-])c2[n+](n1)C(c1cccn1C)N(C(C)=O)c1ccccc1-2. The van der Waals surface area contributed by atoms with Gasteiger partial charge >= 0.3 is 6.17 Å².